The fraction of sp³-hybridized carbons (Fsp3) is 0.133. The lowest BCUT2D eigenvalue weighted by Crippen LogP contribution is -2.19. The lowest BCUT2D eigenvalue weighted by molar-refractivity contribution is 0.259. The number of urea groups is 1. The van der Waals surface area contributed by atoms with Gasteiger partial charge in [-0.3, -0.25) is 0 Å². The van der Waals surface area contributed by atoms with Gasteiger partial charge in [-0.25, -0.2) is 9.18 Å². The molecule has 0 saturated heterocycles. The topological polar surface area (TPSA) is 67.2 Å². The van der Waals surface area contributed by atoms with Crippen LogP contribution in [-0.4, -0.2) is 6.03 Å². The predicted molar refractivity (Wildman–Crippen MR) is 78.1 cm³/mol. The van der Waals surface area contributed by atoms with Gasteiger partial charge >= 0.3 is 6.03 Å². The van der Waals surface area contributed by atoms with Gasteiger partial charge in [0.25, 0.3) is 0 Å². The van der Waals surface area contributed by atoms with Crippen molar-refractivity contribution in [1.29, 1.82) is 0 Å². The predicted octanol–water partition coefficient (Wildman–Crippen LogP) is 3.24. The molecule has 0 spiro atoms. The van der Waals surface area contributed by atoms with Crippen molar-refractivity contribution >= 4 is 17.4 Å². The Morgan fingerprint density at radius 1 is 1.15 bits per heavy atom. The Hall–Kier alpha value is -2.56. The molecule has 5 heteroatoms. The van der Waals surface area contributed by atoms with Crippen molar-refractivity contribution in [2.75, 3.05) is 10.6 Å². The molecule has 2 aromatic rings. The Morgan fingerprint density at radius 3 is 2.40 bits per heavy atom. The third-order valence-electron chi connectivity index (χ3n) is 2.94. The van der Waals surface area contributed by atoms with E-state index in [0.29, 0.717) is 12.2 Å². The summed E-state index contributed by atoms with van der Waals surface area (Å²) in [5.74, 6) is -0.229. The molecule has 0 saturated carbocycles. The minimum Gasteiger partial charge on any atom is -0.381 e. The van der Waals surface area contributed by atoms with E-state index in [1.807, 2.05) is 19.1 Å². The standard InChI is InChI=1S/C15H16FN3O/c1-10-8-12(16)3-2-11(10)9-18-13-4-6-14(7-5-13)19-15(17)20/h2-8,18H,9H2,1H3,(H3,17,19,20). The molecule has 104 valence electrons. The van der Waals surface area contributed by atoms with E-state index in [-0.39, 0.29) is 5.82 Å². The highest BCUT2D eigenvalue weighted by Gasteiger charge is 2.01. The first-order chi connectivity index (χ1) is 9.54. The van der Waals surface area contributed by atoms with Gasteiger partial charge in [-0.1, -0.05) is 6.07 Å². The molecular weight excluding hydrogens is 257 g/mol. The highest BCUT2D eigenvalue weighted by Crippen LogP contribution is 2.16. The summed E-state index contributed by atoms with van der Waals surface area (Å²) in [6, 6.07) is 11.3. The van der Waals surface area contributed by atoms with Gasteiger partial charge in [-0.15, -0.1) is 0 Å². The zero-order chi connectivity index (χ0) is 14.5. The molecule has 2 amide bonds. The van der Waals surface area contributed by atoms with Crippen LogP contribution in [0.15, 0.2) is 42.5 Å². The van der Waals surface area contributed by atoms with Crippen molar-refractivity contribution in [3.05, 3.63) is 59.4 Å². The van der Waals surface area contributed by atoms with E-state index in [1.54, 1.807) is 18.2 Å². The van der Waals surface area contributed by atoms with Crippen molar-refractivity contribution in [3.8, 4) is 0 Å². The van der Waals surface area contributed by atoms with Gasteiger partial charge in [-0.2, -0.15) is 0 Å². The highest BCUT2D eigenvalue weighted by atomic mass is 19.1. The quantitative estimate of drug-likeness (QED) is 0.800. The molecule has 2 aromatic carbocycles. The average Bonchev–Trinajstić information content (AvgIpc) is 2.39. The van der Waals surface area contributed by atoms with E-state index < -0.39 is 6.03 Å². The molecule has 0 heterocycles. The fourth-order valence-corrected chi connectivity index (χ4v) is 1.87. The van der Waals surface area contributed by atoms with Crippen molar-refractivity contribution in [3.63, 3.8) is 0 Å². The summed E-state index contributed by atoms with van der Waals surface area (Å²) < 4.78 is 13.0. The molecule has 0 aliphatic carbocycles. The van der Waals surface area contributed by atoms with Gasteiger partial charge in [0.15, 0.2) is 0 Å². The molecule has 0 atom stereocenters. The average molecular weight is 273 g/mol. The summed E-state index contributed by atoms with van der Waals surface area (Å²) in [5.41, 5.74) is 8.52. The van der Waals surface area contributed by atoms with Crippen LogP contribution >= 0.6 is 0 Å². The third-order valence-corrected chi connectivity index (χ3v) is 2.94. The number of hydrogen-bond donors (Lipinski definition) is 3. The number of benzene rings is 2. The first kappa shape index (κ1) is 13.9. The zero-order valence-corrected chi connectivity index (χ0v) is 11.1. The molecule has 0 aliphatic heterocycles. The maximum absolute atomic E-state index is 13.0. The van der Waals surface area contributed by atoms with Crippen LogP contribution in [0, 0.1) is 12.7 Å². The number of rotatable bonds is 4. The molecule has 0 unspecified atom stereocenters. The van der Waals surface area contributed by atoms with Crippen LogP contribution in [0.5, 0.6) is 0 Å². The van der Waals surface area contributed by atoms with Crippen LogP contribution in [0.3, 0.4) is 0 Å². The molecule has 0 aliphatic rings. The fourth-order valence-electron chi connectivity index (χ4n) is 1.87. The smallest absolute Gasteiger partial charge is 0.316 e. The van der Waals surface area contributed by atoms with Gasteiger partial charge in [0.1, 0.15) is 5.82 Å². The first-order valence-corrected chi connectivity index (χ1v) is 6.20. The highest BCUT2D eigenvalue weighted by molar-refractivity contribution is 5.87. The summed E-state index contributed by atoms with van der Waals surface area (Å²) in [4.78, 5) is 10.7. The lowest BCUT2D eigenvalue weighted by atomic mass is 10.1. The van der Waals surface area contributed by atoms with E-state index in [1.165, 1.54) is 12.1 Å². The molecular formula is C15H16FN3O. The first-order valence-electron chi connectivity index (χ1n) is 6.20. The number of carbonyl (C=O) groups is 1. The minimum atomic E-state index is -0.590. The number of hydrogen-bond acceptors (Lipinski definition) is 2. The number of aryl methyl sites for hydroxylation is 1. The van der Waals surface area contributed by atoms with Gasteiger partial charge in [0.05, 0.1) is 0 Å². The molecule has 20 heavy (non-hydrogen) atoms. The molecule has 2 rings (SSSR count). The van der Waals surface area contributed by atoms with E-state index in [0.717, 1.165) is 16.8 Å². The van der Waals surface area contributed by atoms with Crippen LogP contribution in [0.2, 0.25) is 0 Å². The molecule has 4 N–H and O–H groups in total. The Balaban J connectivity index is 1.98. The lowest BCUT2D eigenvalue weighted by Gasteiger charge is -2.10. The molecule has 0 bridgehead atoms. The Bertz CT molecular complexity index is 611. The van der Waals surface area contributed by atoms with Crippen LogP contribution in [0.1, 0.15) is 11.1 Å². The number of amides is 2. The SMILES string of the molecule is Cc1cc(F)ccc1CNc1ccc(NC(N)=O)cc1. The second-order valence-electron chi connectivity index (χ2n) is 4.49. The summed E-state index contributed by atoms with van der Waals surface area (Å²) in [5, 5.41) is 5.73. The van der Waals surface area contributed by atoms with Crippen LogP contribution in [0.25, 0.3) is 0 Å². The number of nitrogens with one attached hydrogen (secondary N) is 2. The number of halogens is 1. The van der Waals surface area contributed by atoms with Crippen molar-refractivity contribution < 1.29 is 9.18 Å². The maximum Gasteiger partial charge on any atom is 0.316 e. The van der Waals surface area contributed by atoms with E-state index in [2.05, 4.69) is 10.6 Å². The Kier molecular flexibility index (Phi) is 4.20. The molecule has 0 fully saturated rings. The summed E-state index contributed by atoms with van der Waals surface area (Å²) in [6.07, 6.45) is 0. The normalized spacial score (nSPS) is 10.1. The number of primary amides is 1. The maximum atomic E-state index is 13.0. The number of anilines is 2. The van der Waals surface area contributed by atoms with Gasteiger partial charge in [0, 0.05) is 17.9 Å². The van der Waals surface area contributed by atoms with Gasteiger partial charge in [-0.05, 0) is 54.4 Å². The molecule has 0 aromatic heterocycles. The molecule has 4 nitrogen and oxygen atoms in total. The zero-order valence-electron chi connectivity index (χ0n) is 11.1. The van der Waals surface area contributed by atoms with E-state index >= 15 is 0 Å². The van der Waals surface area contributed by atoms with Crippen LogP contribution in [-0.2, 0) is 6.54 Å². The largest absolute Gasteiger partial charge is 0.381 e. The minimum absolute atomic E-state index is 0.229. The van der Waals surface area contributed by atoms with Gasteiger partial charge in [0.2, 0.25) is 0 Å². The second kappa shape index (κ2) is 6.06. The summed E-state index contributed by atoms with van der Waals surface area (Å²) in [6.45, 7) is 2.48. The summed E-state index contributed by atoms with van der Waals surface area (Å²) in [7, 11) is 0. The van der Waals surface area contributed by atoms with Gasteiger partial charge < -0.3 is 16.4 Å². The second-order valence-corrected chi connectivity index (χ2v) is 4.49. The third kappa shape index (κ3) is 3.71. The summed E-state index contributed by atoms with van der Waals surface area (Å²) >= 11 is 0. The van der Waals surface area contributed by atoms with Crippen LogP contribution in [0.4, 0.5) is 20.6 Å². The van der Waals surface area contributed by atoms with E-state index in [9.17, 15) is 9.18 Å². The van der Waals surface area contributed by atoms with Crippen LogP contribution < -0.4 is 16.4 Å². The Morgan fingerprint density at radius 2 is 1.80 bits per heavy atom. The van der Waals surface area contributed by atoms with E-state index in [4.69, 9.17) is 5.73 Å². The van der Waals surface area contributed by atoms with Crippen molar-refractivity contribution in [2.24, 2.45) is 5.73 Å². The monoisotopic (exact) mass is 273 g/mol. The van der Waals surface area contributed by atoms with Crippen molar-refractivity contribution in [1.82, 2.24) is 0 Å². The number of nitrogens with two attached hydrogens (primary N) is 1. The van der Waals surface area contributed by atoms with Crippen molar-refractivity contribution in [2.45, 2.75) is 13.5 Å². The Labute approximate surface area is 116 Å². The molecule has 0 radical (unpaired) electrons. The number of carbonyl (C=O) groups excluding carboxylic acids is 1.